The van der Waals surface area contributed by atoms with Crippen molar-refractivity contribution in [2.24, 2.45) is 0 Å². The van der Waals surface area contributed by atoms with Crippen molar-refractivity contribution in [3.8, 4) is 0 Å². The van der Waals surface area contributed by atoms with E-state index >= 15 is 0 Å². The molecule has 74 valence electrons. The maximum atomic E-state index is 10.9. The fraction of sp³-hybridized carbons (Fsp3) is 0. The van der Waals surface area contributed by atoms with Gasteiger partial charge in [0.15, 0.2) is 0 Å². The zero-order chi connectivity index (χ0) is 10.7. The summed E-state index contributed by atoms with van der Waals surface area (Å²) in [4.78, 5) is 20.7. The Morgan fingerprint density at radius 1 is 1.50 bits per heavy atom. The molecule has 0 saturated heterocycles. The van der Waals surface area contributed by atoms with Gasteiger partial charge in [0.1, 0.15) is 0 Å². The van der Waals surface area contributed by atoms with Crippen molar-refractivity contribution >= 4 is 27.5 Å². The fourth-order valence-corrected chi connectivity index (χ4v) is 1.36. The Balaban J connectivity index is 3.20. The lowest BCUT2D eigenvalue weighted by Crippen LogP contribution is -2.18. The van der Waals surface area contributed by atoms with Crippen LogP contribution in [0.1, 0.15) is 10.4 Å². The highest BCUT2D eigenvalue weighted by Gasteiger charge is 2.12. The highest BCUT2D eigenvalue weighted by atomic mass is 79.9. The van der Waals surface area contributed by atoms with Gasteiger partial charge in [-0.1, -0.05) is 15.9 Å². The van der Waals surface area contributed by atoms with Gasteiger partial charge >= 0.3 is 0 Å². The number of amides is 1. The van der Waals surface area contributed by atoms with Gasteiger partial charge in [0.2, 0.25) is 0 Å². The molecule has 0 radical (unpaired) electrons. The Kier molecular flexibility index (Phi) is 3.15. The van der Waals surface area contributed by atoms with Crippen LogP contribution in [-0.2, 0) is 0 Å². The van der Waals surface area contributed by atoms with Crippen LogP contribution in [0.25, 0.3) is 0 Å². The smallest absolute Gasteiger partial charge is 0.274 e. The Morgan fingerprint density at radius 2 is 2.14 bits per heavy atom. The van der Waals surface area contributed by atoms with Gasteiger partial charge in [-0.2, -0.15) is 0 Å². The van der Waals surface area contributed by atoms with Crippen LogP contribution in [0.2, 0.25) is 0 Å². The summed E-state index contributed by atoms with van der Waals surface area (Å²) >= 11 is 3.01. The largest absolute Gasteiger partial charge is 0.288 e. The molecule has 0 aromatic heterocycles. The van der Waals surface area contributed by atoms with Gasteiger partial charge in [-0.05, 0) is 6.07 Å². The van der Waals surface area contributed by atoms with Gasteiger partial charge in [0.25, 0.3) is 11.6 Å². The molecule has 1 aromatic carbocycles. The van der Waals surface area contributed by atoms with Crippen molar-refractivity contribution < 1.29 is 14.9 Å². The first kappa shape index (κ1) is 10.6. The topological polar surface area (TPSA) is 92.5 Å². The van der Waals surface area contributed by atoms with E-state index in [1.54, 1.807) is 0 Å². The van der Waals surface area contributed by atoms with Gasteiger partial charge in [0.05, 0.1) is 4.92 Å². The number of carbonyl (C=O) groups excluding carboxylic acids is 1. The van der Waals surface area contributed by atoms with Crippen LogP contribution in [0.4, 0.5) is 5.69 Å². The molecular formula is C7H5BrN2O4. The molecule has 14 heavy (non-hydrogen) atoms. The fourth-order valence-electron chi connectivity index (χ4n) is 0.875. The highest BCUT2D eigenvalue weighted by Crippen LogP contribution is 2.21. The zero-order valence-electron chi connectivity index (χ0n) is 6.73. The van der Waals surface area contributed by atoms with Crippen LogP contribution < -0.4 is 5.48 Å². The molecule has 7 heteroatoms. The van der Waals surface area contributed by atoms with Crippen molar-refractivity contribution in [1.82, 2.24) is 5.48 Å². The van der Waals surface area contributed by atoms with E-state index in [9.17, 15) is 14.9 Å². The van der Waals surface area contributed by atoms with Gasteiger partial charge in [-0.25, -0.2) is 5.48 Å². The molecule has 0 fully saturated rings. The summed E-state index contributed by atoms with van der Waals surface area (Å²) in [5, 5.41) is 18.7. The second kappa shape index (κ2) is 4.16. The molecule has 0 spiro atoms. The standard InChI is InChI=1S/C7H5BrN2O4/c8-5-1-4(7(11)9-12)2-6(3-5)10(13)14/h1-3,12H,(H,9,11). The second-order valence-corrected chi connectivity index (χ2v) is 3.31. The number of nitrogens with zero attached hydrogens (tertiary/aromatic N) is 1. The van der Waals surface area contributed by atoms with Crippen molar-refractivity contribution in [2.75, 3.05) is 0 Å². The number of halogens is 1. The van der Waals surface area contributed by atoms with E-state index in [0.717, 1.165) is 6.07 Å². The monoisotopic (exact) mass is 260 g/mol. The predicted octanol–water partition coefficient (Wildman–Crippen LogP) is 1.48. The van der Waals surface area contributed by atoms with E-state index in [1.807, 2.05) is 0 Å². The molecule has 2 N–H and O–H groups in total. The van der Waals surface area contributed by atoms with Gasteiger partial charge in [-0.15, -0.1) is 0 Å². The summed E-state index contributed by atoms with van der Waals surface area (Å²) in [6, 6.07) is 3.68. The van der Waals surface area contributed by atoms with E-state index in [0.29, 0.717) is 4.47 Å². The summed E-state index contributed by atoms with van der Waals surface area (Å²) < 4.78 is 0.394. The average molecular weight is 261 g/mol. The number of benzene rings is 1. The molecule has 1 aromatic rings. The quantitative estimate of drug-likeness (QED) is 0.479. The van der Waals surface area contributed by atoms with Crippen molar-refractivity contribution in [3.63, 3.8) is 0 Å². The number of nitrogens with one attached hydrogen (secondary N) is 1. The van der Waals surface area contributed by atoms with Crippen LogP contribution in [0.15, 0.2) is 22.7 Å². The highest BCUT2D eigenvalue weighted by molar-refractivity contribution is 9.10. The zero-order valence-corrected chi connectivity index (χ0v) is 8.32. The third-order valence-corrected chi connectivity index (χ3v) is 1.91. The lowest BCUT2D eigenvalue weighted by Gasteiger charge is -1.99. The molecule has 0 aliphatic heterocycles. The Bertz CT molecular complexity index is 393. The second-order valence-electron chi connectivity index (χ2n) is 2.40. The maximum Gasteiger partial charge on any atom is 0.274 e. The first-order valence-electron chi connectivity index (χ1n) is 3.44. The average Bonchev–Trinajstić information content (AvgIpc) is 2.15. The molecule has 6 nitrogen and oxygen atoms in total. The molecule has 0 atom stereocenters. The van der Waals surface area contributed by atoms with E-state index in [2.05, 4.69) is 15.9 Å². The summed E-state index contributed by atoms with van der Waals surface area (Å²) in [7, 11) is 0. The molecule has 0 aliphatic carbocycles. The Labute approximate surface area is 86.8 Å². The van der Waals surface area contributed by atoms with Crippen LogP contribution in [0, 0.1) is 10.1 Å². The lowest BCUT2D eigenvalue weighted by molar-refractivity contribution is -0.385. The number of carbonyl (C=O) groups is 1. The van der Waals surface area contributed by atoms with Crippen molar-refractivity contribution in [3.05, 3.63) is 38.3 Å². The number of nitro groups is 1. The minimum atomic E-state index is -0.797. The number of hydroxylamine groups is 1. The van der Waals surface area contributed by atoms with E-state index in [1.165, 1.54) is 17.6 Å². The van der Waals surface area contributed by atoms with Crippen molar-refractivity contribution in [1.29, 1.82) is 0 Å². The molecule has 0 heterocycles. The maximum absolute atomic E-state index is 10.9. The molecule has 0 saturated carbocycles. The molecular weight excluding hydrogens is 256 g/mol. The number of rotatable bonds is 2. The predicted molar refractivity (Wildman–Crippen MR) is 50.0 cm³/mol. The minimum Gasteiger partial charge on any atom is -0.288 e. The Hall–Kier alpha value is -1.47. The summed E-state index contributed by atoms with van der Waals surface area (Å²) in [6.45, 7) is 0. The minimum absolute atomic E-state index is 0.00794. The van der Waals surface area contributed by atoms with Crippen LogP contribution in [-0.4, -0.2) is 16.0 Å². The van der Waals surface area contributed by atoms with Gasteiger partial charge < -0.3 is 0 Å². The first-order valence-corrected chi connectivity index (χ1v) is 4.23. The number of hydrogen-bond donors (Lipinski definition) is 2. The summed E-state index contributed by atoms with van der Waals surface area (Å²) in [5.41, 5.74) is 1.18. The molecule has 0 aliphatic rings. The lowest BCUT2D eigenvalue weighted by atomic mass is 10.2. The third-order valence-electron chi connectivity index (χ3n) is 1.46. The molecule has 1 amide bonds. The van der Waals surface area contributed by atoms with E-state index in [-0.39, 0.29) is 11.3 Å². The van der Waals surface area contributed by atoms with E-state index in [4.69, 9.17) is 5.21 Å². The SMILES string of the molecule is O=C(NO)c1cc(Br)cc([N+](=O)[O-])c1. The molecule has 0 unspecified atom stereocenters. The molecule has 0 bridgehead atoms. The van der Waals surface area contributed by atoms with Crippen LogP contribution in [0.3, 0.4) is 0 Å². The van der Waals surface area contributed by atoms with Gasteiger partial charge in [-0.3, -0.25) is 20.1 Å². The number of hydrogen-bond acceptors (Lipinski definition) is 4. The van der Waals surface area contributed by atoms with E-state index < -0.39 is 10.8 Å². The molecule has 1 rings (SSSR count). The third kappa shape index (κ3) is 2.27. The first-order chi connectivity index (χ1) is 6.54. The number of nitro benzene ring substituents is 1. The van der Waals surface area contributed by atoms with Crippen LogP contribution >= 0.6 is 15.9 Å². The summed E-state index contributed by atoms with van der Waals surface area (Å²) in [6.07, 6.45) is 0. The summed E-state index contributed by atoms with van der Waals surface area (Å²) in [5.74, 6) is -0.797. The van der Waals surface area contributed by atoms with Crippen LogP contribution in [0.5, 0.6) is 0 Å². The number of non-ortho nitro benzene ring substituents is 1. The normalized spacial score (nSPS) is 9.57. The van der Waals surface area contributed by atoms with Crippen molar-refractivity contribution in [2.45, 2.75) is 0 Å². The van der Waals surface area contributed by atoms with Gasteiger partial charge in [0, 0.05) is 22.2 Å². The Morgan fingerprint density at radius 3 is 2.64 bits per heavy atom.